The van der Waals surface area contributed by atoms with Gasteiger partial charge in [0.1, 0.15) is 23.5 Å². The van der Waals surface area contributed by atoms with E-state index in [1.54, 1.807) is 6.07 Å². The molecule has 1 aromatic heterocycles. The highest BCUT2D eigenvalue weighted by atomic mass is 16.5. The number of rotatable bonds is 11. The Morgan fingerprint density at radius 3 is 2.70 bits per heavy atom. The minimum absolute atomic E-state index is 0.0810. The lowest BCUT2D eigenvalue weighted by molar-refractivity contribution is 0.200. The Hall–Kier alpha value is -2.67. The van der Waals surface area contributed by atoms with E-state index in [1.165, 1.54) is 6.33 Å². The van der Waals surface area contributed by atoms with Crippen molar-refractivity contribution < 1.29 is 4.74 Å². The molecule has 0 amide bonds. The second-order valence-electron chi connectivity index (χ2n) is 8.53. The first-order chi connectivity index (χ1) is 14.3. The van der Waals surface area contributed by atoms with Crippen LogP contribution < -0.4 is 20.7 Å². The van der Waals surface area contributed by atoms with E-state index < -0.39 is 0 Å². The second kappa shape index (κ2) is 9.43. The summed E-state index contributed by atoms with van der Waals surface area (Å²) in [7, 11) is 0. The van der Waals surface area contributed by atoms with Gasteiger partial charge >= 0.3 is 0 Å². The van der Waals surface area contributed by atoms with Crippen LogP contribution in [0.25, 0.3) is 0 Å². The maximum atomic E-state index is 8.73. The van der Waals surface area contributed by atoms with Crippen LogP contribution in [0.3, 0.4) is 0 Å². The number of hydrogen-bond donors (Lipinski definition) is 3. The number of nitrogen functional groups attached to an aromatic ring is 1. The van der Waals surface area contributed by atoms with Gasteiger partial charge in [0, 0.05) is 43.0 Å². The topological polar surface area (TPSA) is 100 Å². The standard InChI is InChI=1S/C23H34N6O/c1-5-11-29(12-10-26-16(2)3)21-14-20(27-15-28-21)22(25)18-13-17(6-7-19(18)24)30-23(4)8-9-23/h6-7,13-16,25-26H,5,8-12,24H2,1-4H3. The van der Waals surface area contributed by atoms with E-state index >= 15 is 0 Å². The summed E-state index contributed by atoms with van der Waals surface area (Å²) in [6, 6.07) is 7.83. The summed E-state index contributed by atoms with van der Waals surface area (Å²) in [6.45, 7) is 11.1. The third kappa shape index (κ3) is 5.69. The Labute approximate surface area is 179 Å². The monoisotopic (exact) mass is 410 g/mol. The molecule has 1 heterocycles. The van der Waals surface area contributed by atoms with Gasteiger partial charge in [0.25, 0.3) is 0 Å². The summed E-state index contributed by atoms with van der Waals surface area (Å²) in [5.74, 6) is 1.57. The van der Waals surface area contributed by atoms with Gasteiger partial charge in [-0.25, -0.2) is 9.97 Å². The maximum Gasteiger partial charge on any atom is 0.132 e. The zero-order valence-electron chi connectivity index (χ0n) is 18.5. The molecule has 1 aliphatic rings. The molecule has 0 atom stereocenters. The third-order valence-electron chi connectivity index (χ3n) is 5.27. The van der Waals surface area contributed by atoms with Gasteiger partial charge in [-0.1, -0.05) is 20.8 Å². The Morgan fingerprint density at radius 2 is 2.03 bits per heavy atom. The molecule has 0 saturated heterocycles. The zero-order valence-corrected chi connectivity index (χ0v) is 18.5. The summed E-state index contributed by atoms with van der Waals surface area (Å²) in [5, 5.41) is 12.2. The number of nitrogens with two attached hydrogens (primary N) is 1. The van der Waals surface area contributed by atoms with Gasteiger partial charge in [0.15, 0.2) is 0 Å². The van der Waals surface area contributed by atoms with Crippen molar-refractivity contribution in [1.82, 2.24) is 15.3 Å². The molecule has 0 unspecified atom stereocenters. The normalized spacial score (nSPS) is 14.6. The number of benzene rings is 1. The van der Waals surface area contributed by atoms with Crippen LogP contribution in [0.15, 0.2) is 30.6 Å². The number of hydrogen-bond acceptors (Lipinski definition) is 7. The molecule has 162 valence electrons. The van der Waals surface area contributed by atoms with Crippen molar-refractivity contribution in [3.8, 4) is 5.75 Å². The van der Waals surface area contributed by atoms with Gasteiger partial charge in [0.2, 0.25) is 0 Å². The van der Waals surface area contributed by atoms with Crippen molar-refractivity contribution in [3.63, 3.8) is 0 Å². The van der Waals surface area contributed by atoms with Gasteiger partial charge in [-0.15, -0.1) is 0 Å². The van der Waals surface area contributed by atoms with Crippen LogP contribution in [0.2, 0.25) is 0 Å². The molecule has 7 nitrogen and oxygen atoms in total. The van der Waals surface area contributed by atoms with E-state index in [4.69, 9.17) is 15.9 Å². The molecule has 0 radical (unpaired) electrons. The predicted octanol–water partition coefficient (Wildman–Crippen LogP) is 3.62. The zero-order chi connectivity index (χ0) is 21.7. The van der Waals surface area contributed by atoms with Crippen molar-refractivity contribution in [2.24, 2.45) is 0 Å². The average Bonchev–Trinajstić information content (AvgIpc) is 3.45. The van der Waals surface area contributed by atoms with Gasteiger partial charge in [-0.3, -0.25) is 5.41 Å². The molecule has 7 heteroatoms. The summed E-state index contributed by atoms with van der Waals surface area (Å²) >= 11 is 0. The molecule has 30 heavy (non-hydrogen) atoms. The van der Waals surface area contributed by atoms with E-state index in [0.29, 0.717) is 23.0 Å². The molecule has 2 aromatic rings. The molecule has 3 rings (SSSR count). The first-order valence-corrected chi connectivity index (χ1v) is 10.8. The number of anilines is 2. The summed E-state index contributed by atoms with van der Waals surface area (Å²) in [6.07, 6.45) is 4.65. The maximum absolute atomic E-state index is 8.73. The average molecular weight is 411 g/mol. The fourth-order valence-corrected chi connectivity index (χ4v) is 3.27. The Balaban J connectivity index is 1.80. The van der Waals surface area contributed by atoms with Crippen LogP contribution in [-0.4, -0.2) is 47.0 Å². The number of ether oxygens (including phenoxy) is 1. The molecule has 1 aromatic carbocycles. The Kier molecular flexibility index (Phi) is 6.92. The van der Waals surface area contributed by atoms with Gasteiger partial charge in [0.05, 0.1) is 11.4 Å². The van der Waals surface area contributed by atoms with Crippen molar-refractivity contribution in [2.45, 2.75) is 58.6 Å². The van der Waals surface area contributed by atoms with Crippen LogP contribution >= 0.6 is 0 Å². The van der Waals surface area contributed by atoms with Crippen molar-refractivity contribution in [1.29, 1.82) is 5.41 Å². The lowest BCUT2D eigenvalue weighted by atomic mass is 10.0. The molecular weight excluding hydrogens is 376 g/mol. The van der Waals surface area contributed by atoms with Crippen LogP contribution in [0.4, 0.5) is 11.5 Å². The highest BCUT2D eigenvalue weighted by Crippen LogP contribution is 2.40. The SMILES string of the molecule is CCCN(CCNC(C)C)c1cc(C(=N)c2cc(OC3(C)CC3)ccc2N)ncn1. The highest BCUT2D eigenvalue weighted by molar-refractivity contribution is 6.13. The lowest BCUT2D eigenvalue weighted by Gasteiger charge is -2.24. The molecule has 0 spiro atoms. The third-order valence-corrected chi connectivity index (χ3v) is 5.27. The molecule has 0 aliphatic heterocycles. The van der Waals surface area contributed by atoms with Crippen LogP contribution in [0.1, 0.15) is 58.2 Å². The number of nitrogens with one attached hydrogen (secondary N) is 2. The van der Waals surface area contributed by atoms with Crippen molar-refractivity contribution >= 4 is 17.2 Å². The molecule has 4 N–H and O–H groups in total. The van der Waals surface area contributed by atoms with Gasteiger partial charge in [-0.2, -0.15) is 0 Å². The smallest absolute Gasteiger partial charge is 0.132 e. The fourth-order valence-electron chi connectivity index (χ4n) is 3.27. The van der Waals surface area contributed by atoms with Crippen LogP contribution in [0.5, 0.6) is 5.75 Å². The Bertz CT molecular complexity index is 878. The number of aromatic nitrogens is 2. The largest absolute Gasteiger partial charge is 0.488 e. The first kappa shape index (κ1) is 22.0. The Morgan fingerprint density at radius 1 is 1.27 bits per heavy atom. The van der Waals surface area contributed by atoms with Crippen molar-refractivity contribution in [2.75, 3.05) is 30.3 Å². The van der Waals surface area contributed by atoms with Gasteiger partial charge in [-0.05, 0) is 44.4 Å². The fraction of sp³-hybridized carbons (Fsp3) is 0.522. The van der Waals surface area contributed by atoms with Gasteiger partial charge < -0.3 is 20.7 Å². The van der Waals surface area contributed by atoms with E-state index in [-0.39, 0.29) is 11.3 Å². The summed E-state index contributed by atoms with van der Waals surface area (Å²) in [5.41, 5.74) is 8.11. The molecular formula is C23H34N6O. The summed E-state index contributed by atoms with van der Waals surface area (Å²) in [4.78, 5) is 11.0. The molecule has 1 fully saturated rings. The van der Waals surface area contributed by atoms with E-state index in [1.807, 2.05) is 18.2 Å². The minimum Gasteiger partial charge on any atom is -0.488 e. The van der Waals surface area contributed by atoms with E-state index in [0.717, 1.165) is 50.5 Å². The number of nitrogens with zero attached hydrogens (tertiary/aromatic N) is 3. The predicted molar refractivity (Wildman–Crippen MR) is 123 cm³/mol. The summed E-state index contributed by atoms with van der Waals surface area (Å²) < 4.78 is 6.05. The lowest BCUT2D eigenvalue weighted by Crippen LogP contribution is -2.36. The van der Waals surface area contributed by atoms with E-state index in [9.17, 15) is 0 Å². The molecule has 1 aliphatic carbocycles. The van der Waals surface area contributed by atoms with Crippen LogP contribution in [-0.2, 0) is 0 Å². The van der Waals surface area contributed by atoms with E-state index in [2.05, 4.69) is 47.9 Å². The van der Waals surface area contributed by atoms with Crippen molar-refractivity contribution in [3.05, 3.63) is 41.9 Å². The minimum atomic E-state index is -0.0810. The molecule has 1 saturated carbocycles. The van der Waals surface area contributed by atoms with Crippen LogP contribution in [0, 0.1) is 5.41 Å². The second-order valence-corrected chi connectivity index (χ2v) is 8.53. The first-order valence-electron chi connectivity index (χ1n) is 10.8. The quantitative estimate of drug-likeness (QED) is 0.386. The highest BCUT2D eigenvalue weighted by Gasteiger charge is 2.40. The molecule has 0 bridgehead atoms.